The van der Waals surface area contributed by atoms with Crippen molar-refractivity contribution in [1.82, 2.24) is 14.5 Å². The molecule has 0 unspecified atom stereocenters. The van der Waals surface area contributed by atoms with Crippen molar-refractivity contribution < 1.29 is 4.79 Å². The van der Waals surface area contributed by atoms with Crippen molar-refractivity contribution in [1.29, 1.82) is 0 Å². The van der Waals surface area contributed by atoms with E-state index in [0.29, 0.717) is 0 Å². The van der Waals surface area contributed by atoms with Crippen LogP contribution in [0.4, 0.5) is 0 Å². The minimum absolute atomic E-state index is 0.159. The van der Waals surface area contributed by atoms with Crippen LogP contribution in [0.25, 0.3) is 0 Å². The van der Waals surface area contributed by atoms with Crippen LogP contribution in [0.2, 0.25) is 0 Å². The summed E-state index contributed by atoms with van der Waals surface area (Å²) in [6.45, 7) is 2.59. The second kappa shape index (κ2) is 5.26. The first-order chi connectivity index (χ1) is 9.33. The van der Waals surface area contributed by atoms with Gasteiger partial charge in [0, 0.05) is 37.6 Å². The predicted molar refractivity (Wildman–Crippen MR) is 72.9 cm³/mol. The number of aromatic nitrogens is 2. The number of hydrogen-bond acceptors (Lipinski definition) is 2. The van der Waals surface area contributed by atoms with Crippen LogP contribution < -0.4 is 0 Å². The van der Waals surface area contributed by atoms with E-state index < -0.39 is 0 Å². The fourth-order valence-corrected chi connectivity index (χ4v) is 2.45. The molecule has 0 atom stereocenters. The van der Waals surface area contributed by atoms with Crippen molar-refractivity contribution in [2.75, 3.05) is 13.1 Å². The molecule has 0 N–H and O–H groups in total. The summed E-state index contributed by atoms with van der Waals surface area (Å²) in [5.41, 5.74) is 1.97. The number of hydrogen-bond donors (Lipinski definition) is 0. The van der Waals surface area contributed by atoms with Crippen LogP contribution in [0.15, 0.2) is 43.0 Å². The van der Waals surface area contributed by atoms with E-state index in [9.17, 15) is 4.79 Å². The minimum atomic E-state index is 0.159. The molecular formula is C15H17N3O. The van der Waals surface area contributed by atoms with Crippen LogP contribution >= 0.6 is 0 Å². The van der Waals surface area contributed by atoms with Gasteiger partial charge in [-0.1, -0.05) is 12.1 Å². The Morgan fingerprint density at radius 2 is 1.89 bits per heavy atom. The lowest BCUT2D eigenvalue weighted by atomic mass is 10.1. The van der Waals surface area contributed by atoms with E-state index >= 15 is 0 Å². The lowest BCUT2D eigenvalue weighted by molar-refractivity contribution is 0.0793. The summed E-state index contributed by atoms with van der Waals surface area (Å²) in [5, 5.41) is 0. The molecule has 0 radical (unpaired) electrons. The Balaban J connectivity index is 1.69. The maximum atomic E-state index is 12.2. The summed E-state index contributed by atoms with van der Waals surface area (Å²) in [4.78, 5) is 18.1. The first kappa shape index (κ1) is 12.0. The Kier molecular flexibility index (Phi) is 3.31. The number of imidazole rings is 1. The van der Waals surface area contributed by atoms with Crippen LogP contribution in [0.5, 0.6) is 0 Å². The fourth-order valence-electron chi connectivity index (χ4n) is 2.45. The summed E-state index contributed by atoms with van der Waals surface area (Å²) >= 11 is 0. The quantitative estimate of drug-likeness (QED) is 0.843. The molecule has 1 aliphatic rings. The van der Waals surface area contributed by atoms with Gasteiger partial charge in [-0.2, -0.15) is 0 Å². The van der Waals surface area contributed by atoms with E-state index in [2.05, 4.69) is 4.98 Å². The Labute approximate surface area is 112 Å². The summed E-state index contributed by atoms with van der Waals surface area (Å²) in [5.74, 6) is 0.159. The van der Waals surface area contributed by atoms with Crippen LogP contribution in [-0.4, -0.2) is 33.4 Å². The van der Waals surface area contributed by atoms with Crippen molar-refractivity contribution in [3.05, 3.63) is 54.1 Å². The van der Waals surface area contributed by atoms with Crippen molar-refractivity contribution in [2.45, 2.75) is 19.4 Å². The van der Waals surface area contributed by atoms with Gasteiger partial charge in [-0.05, 0) is 30.5 Å². The van der Waals surface area contributed by atoms with Crippen LogP contribution in [0, 0.1) is 0 Å². The monoisotopic (exact) mass is 255 g/mol. The van der Waals surface area contributed by atoms with Gasteiger partial charge in [-0.25, -0.2) is 4.98 Å². The van der Waals surface area contributed by atoms with Gasteiger partial charge in [-0.15, -0.1) is 0 Å². The molecule has 1 aliphatic heterocycles. The molecule has 2 aromatic rings. The predicted octanol–water partition coefficient (Wildman–Crippen LogP) is 2.17. The number of carbonyl (C=O) groups is 1. The highest BCUT2D eigenvalue weighted by atomic mass is 16.2. The summed E-state index contributed by atoms with van der Waals surface area (Å²) in [6, 6.07) is 7.88. The Morgan fingerprint density at radius 3 is 2.53 bits per heavy atom. The number of amides is 1. The number of rotatable bonds is 3. The lowest BCUT2D eigenvalue weighted by Crippen LogP contribution is -2.27. The molecule has 2 heterocycles. The van der Waals surface area contributed by atoms with Gasteiger partial charge in [0.25, 0.3) is 5.91 Å². The Bertz CT molecular complexity index is 539. The average Bonchev–Trinajstić information content (AvgIpc) is 3.12. The molecule has 19 heavy (non-hydrogen) atoms. The zero-order chi connectivity index (χ0) is 13.1. The lowest BCUT2D eigenvalue weighted by Gasteiger charge is -2.15. The van der Waals surface area contributed by atoms with E-state index in [-0.39, 0.29) is 5.91 Å². The van der Waals surface area contributed by atoms with Gasteiger partial charge >= 0.3 is 0 Å². The third kappa shape index (κ3) is 2.67. The third-order valence-corrected chi connectivity index (χ3v) is 3.52. The molecule has 1 amide bonds. The highest BCUT2D eigenvalue weighted by molar-refractivity contribution is 5.94. The number of likely N-dealkylation sites (tertiary alicyclic amines) is 1. The molecule has 1 fully saturated rings. The standard InChI is InChI=1S/C15H17N3O/c19-15(18-8-1-2-9-18)14-5-3-13(4-6-14)11-17-10-7-16-12-17/h3-7,10,12H,1-2,8-9,11H2. The molecule has 4 nitrogen and oxygen atoms in total. The molecule has 1 aromatic carbocycles. The van der Waals surface area contributed by atoms with Gasteiger partial charge in [0.2, 0.25) is 0 Å². The van der Waals surface area contributed by atoms with E-state index in [1.165, 1.54) is 5.56 Å². The summed E-state index contributed by atoms with van der Waals surface area (Å²) < 4.78 is 2.01. The molecule has 3 rings (SSSR count). The topological polar surface area (TPSA) is 38.1 Å². The fraction of sp³-hybridized carbons (Fsp3) is 0.333. The molecule has 98 valence electrons. The van der Waals surface area contributed by atoms with Gasteiger partial charge in [0.1, 0.15) is 0 Å². The normalized spacial score (nSPS) is 14.8. The van der Waals surface area contributed by atoms with Crippen molar-refractivity contribution in [2.24, 2.45) is 0 Å². The second-order valence-corrected chi connectivity index (χ2v) is 4.93. The SMILES string of the molecule is O=C(c1ccc(Cn2ccnc2)cc1)N1CCCC1. The van der Waals surface area contributed by atoms with Gasteiger partial charge in [0.05, 0.1) is 6.33 Å². The Hall–Kier alpha value is -2.10. The summed E-state index contributed by atoms with van der Waals surface area (Å²) in [7, 11) is 0. The smallest absolute Gasteiger partial charge is 0.253 e. The first-order valence-electron chi connectivity index (χ1n) is 6.67. The van der Waals surface area contributed by atoms with Crippen LogP contribution in [0.1, 0.15) is 28.8 Å². The second-order valence-electron chi connectivity index (χ2n) is 4.93. The molecule has 0 spiro atoms. The van der Waals surface area contributed by atoms with Gasteiger partial charge in [-0.3, -0.25) is 4.79 Å². The molecule has 1 aromatic heterocycles. The number of benzene rings is 1. The number of carbonyl (C=O) groups excluding carboxylic acids is 1. The van der Waals surface area contributed by atoms with E-state index in [1.807, 2.05) is 39.9 Å². The summed E-state index contributed by atoms with van der Waals surface area (Å²) in [6.07, 6.45) is 7.76. The van der Waals surface area contributed by atoms with Crippen molar-refractivity contribution in [3.8, 4) is 0 Å². The first-order valence-corrected chi connectivity index (χ1v) is 6.67. The molecule has 0 bridgehead atoms. The minimum Gasteiger partial charge on any atom is -0.339 e. The largest absolute Gasteiger partial charge is 0.339 e. The molecule has 0 aliphatic carbocycles. The Morgan fingerprint density at radius 1 is 1.16 bits per heavy atom. The van der Waals surface area contributed by atoms with E-state index in [1.54, 1.807) is 12.5 Å². The number of nitrogens with zero attached hydrogens (tertiary/aromatic N) is 3. The highest BCUT2D eigenvalue weighted by Gasteiger charge is 2.18. The highest BCUT2D eigenvalue weighted by Crippen LogP contribution is 2.14. The molecule has 1 saturated heterocycles. The van der Waals surface area contributed by atoms with Gasteiger partial charge < -0.3 is 9.47 Å². The average molecular weight is 255 g/mol. The van der Waals surface area contributed by atoms with E-state index in [0.717, 1.165) is 38.0 Å². The molecular weight excluding hydrogens is 238 g/mol. The van der Waals surface area contributed by atoms with Crippen molar-refractivity contribution >= 4 is 5.91 Å². The van der Waals surface area contributed by atoms with Crippen molar-refractivity contribution in [3.63, 3.8) is 0 Å². The van der Waals surface area contributed by atoms with Crippen LogP contribution in [0.3, 0.4) is 0 Å². The molecule has 4 heteroatoms. The maximum absolute atomic E-state index is 12.2. The maximum Gasteiger partial charge on any atom is 0.253 e. The third-order valence-electron chi connectivity index (χ3n) is 3.52. The van der Waals surface area contributed by atoms with Crippen LogP contribution in [-0.2, 0) is 6.54 Å². The zero-order valence-corrected chi connectivity index (χ0v) is 10.8. The van der Waals surface area contributed by atoms with E-state index in [4.69, 9.17) is 0 Å². The molecule has 0 saturated carbocycles. The van der Waals surface area contributed by atoms with Gasteiger partial charge in [0.15, 0.2) is 0 Å². The zero-order valence-electron chi connectivity index (χ0n) is 10.8.